The van der Waals surface area contributed by atoms with Crippen molar-refractivity contribution in [3.63, 3.8) is 0 Å². The van der Waals surface area contributed by atoms with Gasteiger partial charge in [0, 0.05) is 18.7 Å². The number of nitrogens with zero attached hydrogens (tertiary/aromatic N) is 1. The summed E-state index contributed by atoms with van der Waals surface area (Å²) in [7, 11) is 0. The largest absolute Gasteiger partial charge is 0.396 e. The zero-order chi connectivity index (χ0) is 5.70. The molecule has 42 valence electrons. The zero-order valence-electron chi connectivity index (χ0n) is 4.39. The first kappa shape index (κ1) is 6.43. The molecule has 7 heavy (non-hydrogen) atoms. The van der Waals surface area contributed by atoms with Gasteiger partial charge in [0.1, 0.15) is 0 Å². The molecule has 0 bridgehead atoms. The normalized spacial score (nSPS) is 12.0. The van der Waals surface area contributed by atoms with Crippen LogP contribution >= 0.6 is 0 Å². The molecule has 0 spiro atoms. The number of aliphatic hydroxyl groups excluding tert-OH is 1. The van der Waals surface area contributed by atoms with E-state index in [1.165, 1.54) is 0 Å². The van der Waals surface area contributed by atoms with E-state index in [4.69, 9.17) is 10.9 Å². The Morgan fingerprint density at radius 1 is 1.86 bits per heavy atom. The minimum absolute atomic E-state index is 0.131. The molecular formula is C4H10N2O. The molecule has 0 aromatic carbocycles. The highest BCUT2D eigenvalue weighted by Crippen LogP contribution is 1.78. The Labute approximate surface area is 42.8 Å². The standard InChI is InChI=1S/C4H10N2O/c1-4(6-5)2-3-7/h7H,2-3,5H2,1H3. The smallest absolute Gasteiger partial charge is 0.0483 e. The van der Waals surface area contributed by atoms with Crippen LogP contribution in [0.2, 0.25) is 0 Å². The predicted octanol–water partition coefficient (Wildman–Crippen LogP) is -0.297. The number of hydrazone groups is 1. The molecule has 0 atom stereocenters. The lowest BCUT2D eigenvalue weighted by molar-refractivity contribution is 0.307. The van der Waals surface area contributed by atoms with Gasteiger partial charge in [-0.25, -0.2) is 0 Å². The quantitative estimate of drug-likeness (QED) is 0.286. The van der Waals surface area contributed by atoms with Gasteiger partial charge in [0.25, 0.3) is 0 Å². The van der Waals surface area contributed by atoms with E-state index in [0.717, 1.165) is 5.71 Å². The van der Waals surface area contributed by atoms with Gasteiger partial charge in [0.15, 0.2) is 0 Å². The van der Waals surface area contributed by atoms with Crippen molar-refractivity contribution in [2.75, 3.05) is 6.61 Å². The molecule has 0 aliphatic carbocycles. The minimum atomic E-state index is 0.131. The second kappa shape index (κ2) is 3.61. The number of rotatable bonds is 2. The van der Waals surface area contributed by atoms with Crippen LogP contribution in [0.15, 0.2) is 5.10 Å². The molecule has 0 saturated heterocycles. The van der Waals surface area contributed by atoms with E-state index < -0.39 is 0 Å². The van der Waals surface area contributed by atoms with Crippen molar-refractivity contribution in [2.45, 2.75) is 13.3 Å². The van der Waals surface area contributed by atoms with E-state index in [0.29, 0.717) is 6.42 Å². The number of aliphatic hydroxyl groups is 1. The third-order valence-corrected chi connectivity index (χ3v) is 0.694. The van der Waals surface area contributed by atoms with Crippen molar-refractivity contribution < 1.29 is 5.11 Å². The van der Waals surface area contributed by atoms with E-state index in [2.05, 4.69) is 5.10 Å². The van der Waals surface area contributed by atoms with E-state index in [9.17, 15) is 0 Å². The summed E-state index contributed by atoms with van der Waals surface area (Å²) in [6, 6.07) is 0. The minimum Gasteiger partial charge on any atom is -0.396 e. The summed E-state index contributed by atoms with van der Waals surface area (Å²) in [4.78, 5) is 0. The maximum absolute atomic E-state index is 8.23. The molecule has 0 saturated carbocycles. The summed E-state index contributed by atoms with van der Waals surface area (Å²) in [6.45, 7) is 1.91. The van der Waals surface area contributed by atoms with Gasteiger partial charge in [-0.2, -0.15) is 5.10 Å². The lowest BCUT2D eigenvalue weighted by atomic mass is 10.3. The second-order valence-corrected chi connectivity index (χ2v) is 1.34. The van der Waals surface area contributed by atoms with Gasteiger partial charge in [-0.15, -0.1) is 0 Å². The van der Waals surface area contributed by atoms with Gasteiger partial charge < -0.3 is 10.9 Å². The molecule has 0 aliphatic heterocycles. The number of hydrogen-bond donors (Lipinski definition) is 2. The molecule has 0 fully saturated rings. The summed E-state index contributed by atoms with van der Waals surface area (Å²) in [6.07, 6.45) is 0.580. The highest BCUT2D eigenvalue weighted by Gasteiger charge is 1.83. The molecule has 0 amide bonds. The number of hydrogen-bond acceptors (Lipinski definition) is 3. The van der Waals surface area contributed by atoms with Gasteiger partial charge >= 0.3 is 0 Å². The van der Waals surface area contributed by atoms with Gasteiger partial charge in [-0.3, -0.25) is 0 Å². The maximum Gasteiger partial charge on any atom is 0.0483 e. The summed E-state index contributed by atoms with van der Waals surface area (Å²) in [5, 5.41) is 11.6. The van der Waals surface area contributed by atoms with Crippen LogP contribution in [0.3, 0.4) is 0 Å². The molecule has 0 unspecified atom stereocenters. The van der Waals surface area contributed by atoms with Crippen LogP contribution in [0.25, 0.3) is 0 Å². The van der Waals surface area contributed by atoms with Crippen LogP contribution in [0.1, 0.15) is 13.3 Å². The van der Waals surface area contributed by atoms with Crippen molar-refractivity contribution in [1.82, 2.24) is 0 Å². The fourth-order valence-electron chi connectivity index (χ4n) is 0.226. The molecule has 0 aromatic heterocycles. The highest BCUT2D eigenvalue weighted by molar-refractivity contribution is 5.81. The highest BCUT2D eigenvalue weighted by atomic mass is 16.3. The Balaban J connectivity index is 3.17. The van der Waals surface area contributed by atoms with Crippen LogP contribution < -0.4 is 5.84 Å². The second-order valence-electron chi connectivity index (χ2n) is 1.34. The SMILES string of the molecule is CC(CCO)=NN. The Hall–Kier alpha value is -0.570. The average molecular weight is 102 g/mol. The van der Waals surface area contributed by atoms with Crippen LogP contribution in [-0.2, 0) is 0 Å². The maximum atomic E-state index is 8.23. The zero-order valence-corrected chi connectivity index (χ0v) is 4.39. The van der Waals surface area contributed by atoms with Crippen molar-refractivity contribution in [1.29, 1.82) is 0 Å². The third-order valence-electron chi connectivity index (χ3n) is 0.694. The van der Waals surface area contributed by atoms with Gasteiger partial charge in [-0.1, -0.05) is 0 Å². The first-order valence-electron chi connectivity index (χ1n) is 2.15. The summed E-state index contributed by atoms with van der Waals surface area (Å²) >= 11 is 0. The molecule has 0 rings (SSSR count). The van der Waals surface area contributed by atoms with Gasteiger partial charge in [0.2, 0.25) is 0 Å². The van der Waals surface area contributed by atoms with E-state index in [1.54, 1.807) is 6.92 Å². The topological polar surface area (TPSA) is 58.6 Å². The Morgan fingerprint density at radius 2 is 2.43 bits per heavy atom. The Morgan fingerprint density at radius 3 is 2.57 bits per heavy atom. The molecule has 0 aliphatic rings. The Kier molecular flexibility index (Phi) is 3.32. The fourth-order valence-corrected chi connectivity index (χ4v) is 0.226. The molecule has 0 aromatic rings. The van der Waals surface area contributed by atoms with Crippen LogP contribution in [0.5, 0.6) is 0 Å². The van der Waals surface area contributed by atoms with E-state index in [-0.39, 0.29) is 6.61 Å². The van der Waals surface area contributed by atoms with Gasteiger partial charge in [0.05, 0.1) is 0 Å². The summed E-state index contributed by atoms with van der Waals surface area (Å²) in [5.41, 5.74) is 0.780. The lowest BCUT2D eigenvalue weighted by Crippen LogP contribution is -1.98. The molecule has 3 heteroatoms. The van der Waals surface area contributed by atoms with Crippen molar-refractivity contribution in [3.05, 3.63) is 0 Å². The average Bonchev–Trinajstić information content (AvgIpc) is 1.68. The first-order valence-corrected chi connectivity index (χ1v) is 2.15. The van der Waals surface area contributed by atoms with Crippen LogP contribution in [0.4, 0.5) is 0 Å². The van der Waals surface area contributed by atoms with E-state index >= 15 is 0 Å². The Bertz CT molecular complexity index is 70.1. The lowest BCUT2D eigenvalue weighted by Gasteiger charge is -1.88. The fraction of sp³-hybridized carbons (Fsp3) is 0.750. The van der Waals surface area contributed by atoms with Gasteiger partial charge in [-0.05, 0) is 6.92 Å². The van der Waals surface area contributed by atoms with Crippen LogP contribution in [-0.4, -0.2) is 17.4 Å². The third kappa shape index (κ3) is 3.26. The number of nitrogens with two attached hydrogens (primary N) is 1. The van der Waals surface area contributed by atoms with E-state index in [1.807, 2.05) is 0 Å². The molecule has 3 N–H and O–H groups in total. The van der Waals surface area contributed by atoms with Crippen LogP contribution in [0, 0.1) is 0 Å². The van der Waals surface area contributed by atoms with Crippen molar-refractivity contribution in [2.24, 2.45) is 10.9 Å². The summed E-state index contributed by atoms with van der Waals surface area (Å²) in [5.74, 6) is 4.83. The summed E-state index contributed by atoms with van der Waals surface area (Å²) < 4.78 is 0. The monoisotopic (exact) mass is 102 g/mol. The van der Waals surface area contributed by atoms with Crippen molar-refractivity contribution >= 4 is 5.71 Å². The van der Waals surface area contributed by atoms with Crippen molar-refractivity contribution in [3.8, 4) is 0 Å². The molecular weight excluding hydrogens is 92.1 g/mol. The molecule has 0 radical (unpaired) electrons. The first-order chi connectivity index (χ1) is 3.31. The molecule has 3 nitrogen and oxygen atoms in total. The molecule has 0 heterocycles. The predicted molar refractivity (Wildman–Crippen MR) is 29.0 cm³/mol.